The normalized spacial score (nSPS) is 13.5. The first-order valence-electron chi connectivity index (χ1n) is 12.1. The molecule has 0 spiro atoms. The van der Waals surface area contributed by atoms with E-state index in [2.05, 4.69) is 20.6 Å². The number of H-pyrrole nitrogens is 1. The van der Waals surface area contributed by atoms with Gasteiger partial charge in [0.1, 0.15) is 12.1 Å². The summed E-state index contributed by atoms with van der Waals surface area (Å²) < 4.78 is 5.35. The molecular weight excluding hydrogens is 476 g/mol. The number of carbonyl (C=O) groups is 4. The maximum atomic E-state index is 13.3. The number of hydrogen-bond donors (Lipinski definition) is 4. The van der Waals surface area contributed by atoms with Crippen molar-refractivity contribution < 1.29 is 29.0 Å². The van der Waals surface area contributed by atoms with Gasteiger partial charge in [-0.05, 0) is 28.7 Å². The monoisotopic (exact) mass is 508 g/mol. The molecule has 0 radical (unpaired) electrons. The number of fused-ring (bicyclic) bond motifs is 1. The van der Waals surface area contributed by atoms with Crippen LogP contribution in [0, 0.1) is 5.92 Å². The number of hydrogen-bond acceptors (Lipinski definition) is 6. The molecule has 1 heterocycles. The number of amides is 2. The van der Waals surface area contributed by atoms with Gasteiger partial charge < -0.3 is 25.5 Å². The Morgan fingerprint density at radius 3 is 2.32 bits per heavy atom. The SMILES string of the molecule is CC(=O)O[C@H](Cc1cccc2ccccc12)C(=O)NC(Cc1c[nH]cn1)C(=O)N[C@@H](CC(C)C)C(=O)O. The Morgan fingerprint density at radius 1 is 0.973 bits per heavy atom. The fourth-order valence-corrected chi connectivity index (χ4v) is 4.11. The third-order valence-corrected chi connectivity index (χ3v) is 5.81. The van der Waals surface area contributed by atoms with Crippen LogP contribution in [-0.2, 0) is 36.8 Å². The number of aromatic amines is 1. The third-order valence-electron chi connectivity index (χ3n) is 5.81. The number of benzene rings is 2. The number of ether oxygens (including phenoxy) is 1. The molecule has 37 heavy (non-hydrogen) atoms. The van der Waals surface area contributed by atoms with Crippen molar-refractivity contribution in [2.24, 2.45) is 5.92 Å². The van der Waals surface area contributed by atoms with Crippen molar-refractivity contribution in [3.63, 3.8) is 0 Å². The number of nitrogens with one attached hydrogen (secondary N) is 3. The van der Waals surface area contributed by atoms with Crippen LogP contribution in [-0.4, -0.2) is 57.0 Å². The van der Waals surface area contributed by atoms with E-state index in [4.69, 9.17) is 4.74 Å². The number of esters is 1. The zero-order chi connectivity index (χ0) is 26.9. The van der Waals surface area contributed by atoms with E-state index in [0.29, 0.717) is 5.69 Å². The first-order chi connectivity index (χ1) is 17.6. The van der Waals surface area contributed by atoms with Gasteiger partial charge in [-0.1, -0.05) is 56.3 Å². The maximum Gasteiger partial charge on any atom is 0.326 e. The first kappa shape index (κ1) is 27.4. The molecule has 0 fully saturated rings. The second-order valence-corrected chi connectivity index (χ2v) is 9.30. The fourth-order valence-electron chi connectivity index (χ4n) is 4.11. The summed E-state index contributed by atoms with van der Waals surface area (Å²) in [7, 11) is 0. The third kappa shape index (κ3) is 7.89. The summed E-state index contributed by atoms with van der Waals surface area (Å²) in [6.45, 7) is 4.91. The van der Waals surface area contributed by atoms with E-state index in [0.717, 1.165) is 16.3 Å². The van der Waals surface area contributed by atoms with Gasteiger partial charge in [-0.15, -0.1) is 0 Å². The Bertz CT molecular complexity index is 1240. The zero-order valence-electron chi connectivity index (χ0n) is 21.1. The van der Waals surface area contributed by atoms with Gasteiger partial charge in [0.15, 0.2) is 6.10 Å². The van der Waals surface area contributed by atoms with Gasteiger partial charge in [0, 0.05) is 26.0 Å². The molecule has 10 heteroatoms. The molecule has 10 nitrogen and oxygen atoms in total. The van der Waals surface area contributed by atoms with Gasteiger partial charge >= 0.3 is 11.9 Å². The number of aliphatic carboxylic acids is 1. The highest BCUT2D eigenvalue weighted by atomic mass is 16.5. The van der Waals surface area contributed by atoms with Gasteiger partial charge in [0.2, 0.25) is 5.91 Å². The van der Waals surface area contributed by atoms with Gasteiger partial charge in [-0.3, -0.25) is 14.4 Å². The summed E-state index contributed by atoms with van der Waals surface area (Å²) in [4.78, 5) is 56.9. The molecule has 0 bridgehead atoms. The summed E-state index contributed by atoms with van der Waals surface area (Å²) in [6, 6.07) is 11.0. The van der Waals surface area contributed by atoms with Crippen LogP contribution in [0.1, 0.15) is 38.4 Å². The lowest BCUT2D eigenvalue weighted by molar-refractivity contribution is -0.154. The van der Waals surface area contributed by atoms with Crippen molar-refractivity contribution in [1.29, 1.82) is 0 Å². The Labute approximate surface area is 214 Å². The minimum absolute atomic E-state index is 0.0101. The summed E-state index contributed by atoms with van der Waals surface area (Å²) in [5, 5.41) is 16.6. The molecule has 0 saturated carbocycles. The number of carboxylic acids is 1. The van der Waals surface area contributed by atoms with Crippen molar-refractivity contribution in [3.05, 3.63) is 66.2 Å². The van der Waals surface area contributed by atoms with Crippen molar-refractivity contribution >= 4 is 34.5 Å². The van der Waals surface area contributed by atoms with Crippen LogP contribution >= 0.6 is 0 Å². The summed E-state index contributed by atoms with van der Waals surface area (Å²) in [6.07, 6.45) is 2.14. The molecule has 1 unspecified atom stereocenters. The number of rotatable bonds is 12. The second kappa shape index (κ2) is 12.7. The molecule has 2 aromatic carbocycles. The Kier molecular flexibility index (Phi) is 9.37. The number of nitrogens with zero attached hydrogens (tertiary/aromatic N) is 1. The van der Waals surface area contributed by atoms with Gasteiger partial charge in [-0.2, -0.15) is 0 Å². The average molecular weight is 509 g/mol. The van der Waals surface area contributed by atoms with Crippen molar-refractivity contribution in [2.45, 2.75) is 58.2 Å². The molecule has 196 valence electrons. The van der Waals surface area contributed by atoms with E-state index < -0.39 is 41.9 Å². The highest BCUT2D eigenvalue weighted by Crippen LogP contribution is 2.21. The first-order valence-corrected chi connectivity index (χ1v) is 12.1. The predicted molar refractivity (Wildman–Crippen MR) is 136 cm³/mol. The van der Waals surface area contributed by atoms with E-state index >= 15 is 0 Å². The van der Waals surface area contributed by atoms with Crippen LogP contribution in [0.25, 0.3) is 10.8 Å². The van der Waals surface area contributed by atoms with E-state index in [9.17, 15) is 24.3 Å². The van der Waals surface area contributed by atoms with Crippen molar-refractivity contribution in [3.8, 4) is 0 Å². The van der Waals surface area contributed by atoms with Crippen LogP contribution in [0.5, 0.6) is 0 Å². The minimum atomic E-state index is -1.20. The minimum Gasteiger partial charge on any atom is -0.480 e. The number of aromatic nitrogens is 2. The highest BCUT2D eigenvalue weighted by molar-refractivity contribution is 5.93. The lowest BCUT2D eigenvalue weighted by Gasteiger charge is -2.24. The summed E-state index contributed by atoms with van der Waals surface area (Å²) in [5.41, 5.74) is 1.30. The van der Waals surface area contributed by atoms with Crippen LogP contribution in [0.4, 0.5) is 0 Å². The quantitative estimate of drug-likeness (QED) is 0.274. The van der Waals surface area contributed by atoms with Crippen molar-refractivity contribution in [1.82, 2.24) is 20.6 Å². The van der Waals surface area contributed by atoms with Crippen LogP contribution in [0.2, 0.25) is 0 Å². The molecule has 3 aromatic rings. The molecule has 4 N–H and O–H groups in total. The van der Waals surface area contributed by atoms with Crippen LogP contribution < -0.4 is 10.6 Å². The zero-order valence-corrected chi connectivity index (χ0v) is 21.1. The smallest absolute Gasteiger partial charge is 0.326 e. The fraction of sp³-hybridized carbons (Fsp3) is 0.370. The highest BCUT2D eigenvalue weighted by Gasteiger charge is 2.31. The molecule has 0 aliphatic heterocycles. The van der Waals surface area contributed by atoms with E-state index in [1.807, 2.05) is 56.3 Å². The summed E-state index contributed by atoms with van der Waals surface area (Å²) in [5.74, 6) is -3.13. The Morgan fingerprint density at radius 2 is 1.68 bits per heavy atom. The van der Waals surface area contributed by atoms with E-state index in [1.54, 1.807) is 6.20 Å². The van der Waals surface area contributed by atoms with Crippen LogP contribution in [0.15, 0.2) is 55.0 Å². The van der Waals surface area contributed by atoms with Crippen molar-refractivity contribution in [2.75, 3.05) is 0 Å². The number of carboxylic acid groups (broad SMARTS) is 1. The molecule has 1 aromatic heterocycles. The van der Waals surface area contributed by atoms with Gasteiger partial charge in [0.05, 0.1) is 12.0 Å². The molecule has 0 aliphatic rings. The maximum absolute atomic E-state index is 13.3. The second-order valence-electron chi connectivity index (χ2n) is 9.30. The molecule has 3 rings (SSSR count). The molecule has 3 atom stereocenters. The van der Waals surface area contributed by atoms with Gasteiger partial charge in [-0.25, -0.2) is 9.78 Å². The number of imidazole rings is 1. The molecule has 0 saturated heterocycles. The molecule has 0 aliphatic carbocycles. The number of carbonyl (C=O) groups excluding carboxylic acids is 3. The van der Waals surface area contributed by atoms with Gasteiger partial charge in [0.25, 0.3) is 5.91 Å². The summed E-state index contributed by atoms with van der Waals surface area (Å²) >= 11 is 0. The van der Waals surface area contributed by atoms with Crippen LogP contribution in [0.3, 0.4) is 0 Å². The molecular formula is C27H32N4O6. The van der Waals surface area contributed by atoms with E-state index in [-0.39, 0.29) is 25.2 Å². The molecule has 2 amide bonds. The standard InChI is InChI=1S/C27H32N4O6/c1-16(2)11-23(27(35)36)31-25(33)22(13-20-14-28-15-29-20)30-26(34)24(37-17(3)32)12-19-9-6-8-18-7-4-5-10-21(18)19/h4-10,14-16,22-24H,11-13H2,1-3H3,(H,28,29)(H,30,34)(H,31,33)(H,35,36)/t22?,23-,24+/m0/s1. The largest absolute Gasteiger partial charge is 0.480 e. The Balaban J connectivity index is 1.84. The Hall–Kier alpha value is -4.21. The predicted octanol–water partition coefficient (Wildman–Crippen LogP) is 2.38. The topological polar surface area (TPSA) is 150 Å². The average Bonchev–Trinajstić information content (AvgIpc) is 3.35. The lowest BCUT2D eigenvalue weighted by Crippen LogP contribution is -2.55. The lowest BCUT2D eigenvalue weighted by atomic mass is 9.99. The van der Waals surface area contributed by atoms with E-state index in [1.165, 1.54) is 13.3 Å².